The maximum Gasteiger partial charge on any atom is 0.255 e. The molecule has 0 aliphatic rings. The Morgan fingerprint density at radius 2 is 2.17 bits per heavy atom. The molecule has 0 fully saturated rings. The van der Waals surface area contributed by atoms with Crippen molar-refractivity contribution in [2.75, 3.05) is 24.8 Å². The van der Waals surface area contributed by atoms with E-state index in [1.54, 1.807) is 12.1 Å². The molecule has 0 aromatic carbocycles. The molecule has 0 bridgehead atoms. The van der Waals surface area contributed by atoms with Crippen molar-refractivity contribution in [1.82, 2.24) is 15.0 Å². The number of nitrogens with zero attached hydrogens (tertiary/aromatic N) is 1. The maximum atomic E-state index is 11.7. The lowest BCUT2D eigenvalue weighted by molar-refractivity contribution is 0.0955. The monoisotopic (exact) mass is 273 g/mol. The van der Waals surface area contributed by atoms with Crippen LogP contribution in [0.25, 0.3) is 0 Å². The van der Waals surface area contributed by atoms with Crippen molar-refractivity contribution in [1.29, 1.82) is 0 Å². The number of sulfonamides is 1. The third-order valence-electron chi connectivity index (χ3n) is 1.96. The van der Waals surface area contributed by atoms with Gasteiger partial charge in [-0.15, -0.1) is 0 Å². The minimum atomic E-state index is -3.25. The van der Waals surface area contributed by atoms with Gasteiger partial charge < -0.3 is 10.7 Å². The molecule has 100 valence electrons. The summed E-state index contributed by atoms with van der Waals surface area (Å²) in [5.74, 6) is 5.09. The van der Waals surface area contributed by atoms with Gasteiger partial charge in [-0.2, -0.15) is 0 Å². The molecular weight excluding hydrogens is 258 g/mol. The number of rotatable bonds is 6. The Kier molecular flexibility index (Phi) is 5.01. The van der Waals surface area contributed by atoms with Crippen LogP contribution in [0.3, 0.4) is 0 Å². The summed E-state index contributed by atoms with van der Waals surface area (Å²) in [5, 5.41) is 2.54. The second-order valence-electron chi connectivity index (χ2n) is 3.47. The van der Waals surface area contributed by atoms with Crippen LogP contribution in [0.2, 0.25) is 0 Å². The summed E-state index contributed by atoms with van der Waals surface area (Å²) in [6, 6.07) is 3.16. The number of nitrogen functional groups attached to an aromatic ring is 1. The van der Waals surface area contributed by atoms with Gasteiger partial charge in [-0.1, -0.05) is 0 Å². The fraction of sp³-hybridized carbons (Fsp3) is 0.333. The third-order valence-corrected chi connectivity index (χ3v) is 2.69. The van der Waals surface area contributed by atoms with E-state index in [9.17, 15) is 13.2 Å². The predicted octanol–water partition coefficient (Wildman–Crippen LogP) is -1.35. The van der Waals surface area contributed by atoms with Crippen LogP contribution >= 0.6 is 0 Å². The fourth-order valence-electron chi connectivity index (χ4n) is 1.21. The highest BCUT2D eigenvalue weighted by Crippen LogP contribution is 2.08. The second kappa shape index (κ2) is 6.28. The number of anilines is 1. The summed E-state index contributed by atoms with van der Waals surface area (Å²) in [4.78, 5) is 15.6. The van der Waals surface area contributed by atoms with Crippen LogP contribution in [-0.4, -0.2) is 38.7 Å². The van der Waals surface area contributed by atoms with Gasteiger partial charge in [0, 0.05) is 19.3 Å². The molecule has 1 aromatic heterocycles. The Morgan fingerprint density at radius 1 is 1.44 bits per heavy atom. The number of nitrogens with two attached hydrogens (primary N) is 1. The van der Waals surface area contributed by atoms with E-state index in [0.29, 0.717) is 5.56 Å². The van der Waals surface area contributed by atoms with Crippen LogP contribution in [0.4, 0.5) is 5.82 Å². The number of carbonyl (C=O) groups is 1. The smallest absolute Gasteiger partial charge is 0.255 e. The lowest BCUT2D eigenvalue weighted by atomic mass is 10.2. The Morgan fingerprint density at radius 3 is 2.78 bits per heavy atom. The van der Waals surface area contributed by atoms with Crippen LogP contribution in [0, 0.1) is 0 Å². The molecule has 1 rings (SSSR count). The largest absolute Gasteiger partial charge is 0.351 e. The predicted molar refractivity (Wildman–Crippen MR) is 67.2 cm³/mol. The number of aromatic nitrogens is 1. The summed E-state index contributed by atoms with van der Waals surface area (Å²) < 4.78 is 23.8. The van der Waals surface area contributed by atoms with Crippen LogP contribution in [0.15, 0.2) is 18.3 Å². The van der Waals surface area contributed by atoms with Gasteiger partial charge in [0.15, 0.2) is 5.82 Å². The first-order valence-corrected chi connectivity index (χ1v) is 6.97. The number of hydrogen-bond acceptors (Lipinski definition) is 6. The molecule has 9 heteroatoms. The summed E-state index contributed by atoms with van der Waals surface area (Å²) >= 11 is 0. The lowest BCUT2D eigenvalue weighted by Crippen LogP contribution is -2.34. The number of hydrazine groups is 1. The van der Waals surface area contributed by atoms with E-state index in [2.05, 4.69) is 20.4 Å². The zero-order chi connectivity index (χ0) is 13.6. The zero-order valence-electron chi connectivity index (χ0n) is 9.80. The average molecular weight is 273 g/mol. The van der Waals surface area contributed by atoms with Crippen LogP contribution < -0.4 is 21.3 Å². The molecule has 0 saturated heterocycles. The van der Waals surface area contributed by atoms with E-state index < -0.39 is 10.0 Å². The van der Waals surface area contributed by atoms with E-state index in [1.165, 1.54) is 6.20 Å². The minimum Gasteiger partial charge on any atom is -0.351 e. The Hall–Kier alpha value is -1.71. The van der Waals surface area contributed by atoms with Gasteiger partial charge in [-0.3, -0.25) is 4.79 Å². The molecule has 0 atom stereocenters. The molecule has 0 unspecified atom stereocenters. The SMILES string of the molecule is CS(=O)(=O)NCCNC(=O)c1cccnc1NN. The third kappa shape index (κ3) is 4.65. The number of pyridine rings is 1. The summed E-state index contributed by atoms with van der Waals surface area (Å²) in [5.41, 5.74) is 2.60. The second-order valence-corrected chi connectivity index (χ2v) is 5.30. The van der Waals surface area contributed by atoms with Crippen molar-refractivity contribution >= 4 is 21.7 Å². The van der Waals surface area contributed by atoms with E-state index in [1.807, 2.05) is 0 Å². The molecule has 1 aromatic rings. The van der Waals surface area contributed by atoms with Crippen molar-refractivity contribution in [3.8, 4) is 0 Å². The van der Waals surface area contributed by atoms with Crippen molar-refractivity contribution in [2.24, 2.45) is 5.84 Å². The molecule has 0 aliphatic heterocycles. The summed E-state index contributed by atoms with van der Waals surface area (Å²) in [7, 11) is -3.25. The Labute approximate surface area is 105 Å². The van der Waals surface area contributed by atoms with Crippen molar-refractivity contribution < 1.29 is 13.2 Å². The van der Waals surface area contributed by atoms with Gasteiger partial charge in [0.25, 0.3) is 5.91 Å². The molecule has 0 radical (unpaired) electrons. The highest BCUT2D eigenvalue weighted by molar-refractivity contribution is 7.88. The van der Waals surface area contributed by atoms with E-state index in [0.717, 1.165) is 6.26 Å². The summed E-state index contributed by atoms with van der Waals surface area (Å²) in [6.07, 6.45) is 2.55. The van der Waals surface area contributed by atoms with Gasteiger partial charge >= 0.3 is 0 Å². The van der Waals surface area contributed by atoms with Gasteiger partial charge in [-0.25, -0.2) is 24.0 Å². The Bertz CT molecular complexity index is 517. The standard InChI is InChI=1S/C9H15N5O3S/c1-18(16,17)13-6-5-12-9(15)7-3-2-4-11-8(7)14-10/h2-4,13H,5-6,10H2,1H3,(H,11,14)(H,12,15). The van der Waals surface area contributed by atoms with E-state index >= 15 is 0 Å². The first-order chi connectivity index (χ1) is 8.44. The maximum absolute atomic E-state index is 11.7. The lowest BCUT2D eigenvalue weighted by Gasteiger charge is -2.08. The molecule has 1 amide bonds. The summed E-state index contributed by atoms with van der Waals surface area (Å²) in [6.45, 7) is 0.293. The van der Waals surface area contributed by atoms with Crippen molar-refractivity contribution in [2.45, 2.75) is 0 Å². The normalized spacial score (nSPS) is 11.0. The highest BCUT2D eigenvalue weighted by Gasteiger charge is 2.10. The van der Waals surface area contributed by atoms with Gasteiger partial charge in [0.1, 0.15) is 0 Å². The topological polar surface area (TPSA) is 126 Å². The highest BCUT2D eigenvalue weighted by atomic mass is 32.2. The molecule has 1 heterocycles. The number of hydrogen-bond donors (Lipinski definition) is 4. The fourth-order valence-corrected chi connectivity index (χ4v) is 1.68. The molecule has 0 saturated carbocycles. The van der Waals surface area contributed by atoms with Gasteiger partial charge in [0.2, 0.25) is 10.0 Å². The van der Waals surface area contributed by atoms with Crippen LogP contribution in [-0.2, 0) is 10.0 Å². The van der Waals surface area contributed by atoms with Gasteiger partial charge in [-0.05, 0) is 12.1 Å². The van der Waals surface area contributed by atoms with Crippen molar-refractivity contribution in [3.63, 3.8) is 0 Å². The quantitative estimate of drug-likeness (QED) is 0.288. The molecule has 5 N–H and O–H groups in total. The number of carbonyl (C=O) groups excluding carboxylic acids is 1. The molecule has 18 heavy (non-hydrogen) atoms. The van der Waals surface area contributed by atoms with E-state index in [4.69, 9.17) is 5.84 Å². The first kappa shape index (κ1) is 14.4. The van der Waals surface area contributed by atoms with Crippen LogP contribution in [0.5, 0.6) is 0 Å². The molecule has 0 aliphatic carbocycles. The molecule has 8 nitrogen and oxygen atoms in total. The van der Waals surface area contributed by atoms with E-state index in [-0.39, 0.29) is 24.8 Å². The Balaban J connectivity index is 2.51. The number of amides is 1. The molecule has 0 spiro atoms. The average Bonchev–Trinajstić information content (AvgIpc) is 2.33. The first-order valence-electron chi connectivity index (χ1n) is 5.08. The zero-order valence-corrected chi connectivity index (χ0v) is 10.6. The molecular formula is C9H15N5O3S. The number of nitrogens with one attached hydrogen (secondary N) is 3. The minimum absolute atomic E-state index is 0.121. The van der Waals surface area contributed by atoms with Crippen molar-refractivity contribution in [3.05, 3.63) is 23.9 Å². The van der Waals surface area contributed by atoms with Gasteiger partial charge in [0.05, 0.1) is 11.8 Å². The van der Waals surface area contributed by atoms with Crippen LogP contribution in [0.1, 0.15) is 10.4 Å².